The van der Waals surface area contributed by atoms with Gasteiger partial charge in [0.25, 0.3) is 0 Å². The molecule has 0 fully saturated rings. The van der Waals surface area contributed by atoms with Crippen molar-refractivity contribution in [3.8, 4) is 5.75 Å². The molecule has 0 radical (unpaired) electrons. The van der Waals surface area contributed by atoms with Crippen molar-refractivity contribution in [3.05, 3.63) is 63.6 Å². The van der Waals surface area contributed by atoms with Crippen LogP contribution in [0.2, 0.25) is 0 Å². The van der Waals surface area contributed by atoms with Crippen LogP contribution in [0.5, 0.6) is 5.75 Å². The highest BCUT2D eigenvalue weighted by molar-refractivity contribution is 9.10. The molecule has 3 rings (SSSR count). The van der Waals surface area contributed by atoms with Crippen molar-refractivity contribution >= 4 is 27.5 Å². The fourth-order valence-electron chi connectivity index (χ4n) is 2.59. The van der Waals surface area contributed by atoms with Crippen LogP contribution in [0.15, 0.2) is 46.9 Å². The molecule has 1 unspecified atom stereocenters. The van der Waals surface area contributed by atoms with Crippen LogP contribution in [-0.2, 0) is 13.0 Å². The molecular weight excluding hydrogens is 350 g/mol. The van der Waals surface area contributed by atoms with E-state index in [9.17, 15) is 0 Å². The Labute approximate surface area is 138 Å². The van der Waals surface area contributed by atoms with Crippen LogP contribution in [0.1, 0.15) is 22.1 Å². The SMILES string of the molecule is ClC(CNCc1cc(Br)cc2c1OCC2)c1ccccc1. The lowest BCUT2D eigenvalue weighted by Gasteiger charge is -2.13. The number of benzene rings is 2. The predicted molar refractivity (Wildman–Crippen MR) is 90.1 cm³/mol. The van der Waals surface area contributed by atoms with Gasteiger partial charge < -0.3 is 10.1 Å². The fourth-order valence-corrected chi connectivity index (χ4v) is 3.40. The molecule has 110 valence electrons. The van der Waals surface area contributed by atoms with Gasteiger partial charge in [0.05, 0.1) is 12.0 Å². The first-order valence-corrected chi connectivity index (χ1v) is 8.31. The van der Waals surface area contributed by atoms with E-state index in [1.807, 2.05) is 18.2 Å². The molecule has 0 bridgehead atoms. The highest BCUT2D eigenvalue weighted by Crippen LogP contribution is 2.33. The van der Waals surface area contributed by atoms with Crippen molar-refractivity contribution in [1.29, 1.82) is 0 Å². The zero-order valence-corrected chi connectivity index (χ0v) is 14.0. The summed E-state index contributed by atoms with van der Waals surface area (Å²) in [5.41, 5.74) is 3.61. The summed E-state index contributed by atoms with van der Waals surface area (Å²) in [6.45, 7) is 2.27. The van der Waals surface area contributed by atoms with Gasteiger partial charge in [-0.25, -0.2) is 0 Å². The smallest absolute Gasteiger partial charge is 0.127 e. The van der Waals surface area contributed by atoms with E-state index < -0.39 is 0 Å². The van der Waals surface area contributed by atoms with Gasteiger partial charge in [0, 0.05) is 29.5 Å². The van der Waals surface area contributed by atoms with Crippen molar-refractivity contribution in [1.82, 2.24) is 5.32 Å². The summed E-state index contributed by atoms with van der Waals surface area (Å²) in [5.74, 6) is 1.04. The topological polar surface area (TPSA) is 21.3 Å². The van der Waals surface area contributed by atoms with E-state index in [-0.39, 0.29) is 5.38 Å². The molecule has 1 heterocycles. The van der Waals surface area contributed by atoms with E-state index in [1.165, 1.54) is 11.1 Å². The second kappa shape index (κ2) is 6.82. The first-order chi connectivity index (χ1) is 10.2. The standard InChI is InChI=1S/C17H17BrClNO/c18-15-8-13-6-7-21-17(13)14(9-15)10-20-11-16(19)12-4-2-1-3-5-12/h1-5,8-9,16,20H,6-7,10-11H2. The molecule has 1 atom stereocenters. The highest BCUT2D eigenvalue weighted by atomic mass is 79.9. The number of ether oxygens (including phenoxy) is 1. The average Bonchev–Trinajstić information content (AvgIpc) is 2.96. The summed E-state index contributed by atoms with van der Waals surface area (Å²) in [6.07, 6.45) is 0.990. The van der Waals surface area contributed by atoms with Crippen LogP contribution in [0.4, 0.5) is 0 Å². The van der Waals surface area contributed by atoms with Gasteiger partial charge >= 0.3 is 0 Å². The molecular formula is C17H17BrClNO. The maximum absolute atomic E-state index is 6.42. The molecule has 0 saturated heterocycles. The monoisotopic (exact) mass is 365 g/mol. The van der Waals surface area contributed by atoms with Gasteiger partial charge in [0.1, 0.15) is 5.75 Å². The average molecular weight is 367 g/mol. The number of alkyl halides is 1. The second-order valence-corrected chi connectivity index (χ2v) is 6.60. The Morgan fingerprint density at radius 3 is 2.86 bits per heavy atom. The summed E-state index contributed by atoms with van der Waals surface area (Å²) >= 11 is 9.98. The number of fused-ring (bicyclic) bond motifs is 1. The molecule has 2 nitrogen and oxygen atoms in total. The Balaban J connectivity index is 1.61. The van der Waals surface area contributed by atoms with Gasteiger partial charge in [-0.05, 0) is 23.3 Å². The molecule has 1 N–H and O–H groups in total. The second-order valence-electron chi connectivity index (χ2n) is 5.16. The summed E-state index contributed by atoms with van der Waals surface area (Å²) in [7, 11) is 0. The number of hydrogen-bond acceptors (Lipinski definition) is 2. The number of halogens is 2. The third-order valence-corrected chi connectivity index (χ3v) is 4.49. The van der Waals surface area contributed by atoms with E-state index >= 15 is 0 Å². The molecule has 4 heteroatoms. The van der Waals surface area contributed by atoms with Crippen LogP contribution in [0, 0.1) is 0 Å². The summed E-state index contributed by atoms with van der Waals surface area (Å²) in [5, 5.41) is 3.40. The zero-order valence-electron chi connectivity index (χ0n) is 11.6. The van der Waals surface area contributed by atoms with Crippen molar-refractivity contribution in [2.45, 2.75) is 18.3 Å². The Morgan fingerprint density at radius 2 is 2.05 bits per heavy atom. The highest BCUT2D eigenvalue weighted by Gasteiger charge is 2.17. The van der Waals surface area contributed by atoms with Gasteiger partial charge in [-0.2, -0.15) is 0 Å². The molecule has 21 heavy (non-hydrogen) atoms. The molecule has 0 saturated carbocycles. The van der Waals surface area contributed by atoms with E-state index in [0.29, 0.717) is 0 Å². The Morgan fingerprint density at radius 1 is 1.24 bits per heavy atom. The molecule has 2 aromatic carbocycles. The minimum Gasteiger partial charge on any atom is -0.493 e. The van der Waals surface area contributed by atoms with E-state index in [1.54, 1.807) is 0 Å². The molecule has 2 aromatic rings. The van der Waals surface area contributed by atoms with Gasteiger partial charge in [-0.3, -0.25) is 0 Å². The largest absolute Gasteiger partial charge is 0.493 e. The van der Waals surface area contributed by atoms with Crippen molar-refractivity contribution in [3.63, 3.8) is 0 Å². The first-order valence-electron chi connectivity index (χ1n) is 7.08. The van der Waals surface area contributed by atoms with Crippen LogP contribution < -0.4 is 10.1 Å². The summed E-state index contributed by atoms with van der Waals surface area (Å²) in [6, 6.07) is 14.4. The lowest BCUT2D eigenvalue weighted by atomic mass is 10.1. The minimum absolute atomic E-state index is 0.0210. The van der Waals surface area contributed by atoms with E-state index in [2.05, 4.69) is 45.5 Å². The lowest BCUT2D eigenvalue weighted by molar-refractivity contribution is 0.352. The number of hydrogen-bond donors (Lipinski definition) is 1. The van der Waals surface area contributed by atoms with Crippen molar-refractivity contribution < 1.29 is 4.74 Å². The predicted octanol–water partition coefficient (Wildman–Crippen LogP) is 4.45. The number of rotatable bonds is 5. The van der Waals surface area contributed by atoms with Gasteiger partial charge in [0.15, 0.2) is 0 Å². The number of nitrogens with one attached hydrogen (secondary N) is 1. The van der Waals surface area contributed by atoms with E-state index in [0.717, 1.165) is 41.9 Å². The Hall–Kier alpha value is -1.03. The van der Waals surface area contributed by atoms with Crippen LogP contribution in [-0.4, -0.2) is 13.2 Å². The quantitative estimate of drug-likeness (QED) is 0.789. The van der Waals surface area contributed by atoms with E-state index in [4.69, 9.17) is 16.3 Å². The van der Waals surface area contributed by atoms with Crippen molar-refractivity contribution in [2.75, 3.05) is 13.2 Å². The molecule has 0 aromatic heterocycles. The lowest BCUT2D eigenvalue weighted by Crippen LogP contribution is -2.19. The van der Waals surface area contributed by atoms with Gasteiger partial charge in [-0.1, -0.05) is 46.3 Å². The van der Waals surface area contributed by atoms with Crippen molar-refractivity contribution in [2.24, 2.45) is 0 Å². The fraction of sp³-hybridized carbons (Fsp3) is 0.294. The minimum atomic E-state index is -0.0210. The third-order valence-electron chi connectivity index (χ3n) is 3.63. The summed E-state index contributed by atoms with van der Waals surface area (Å²) in [4.78, 5) is 0. The maximum atomic E-state index is 6.42. The van der Waals surface area contributed by atoms with Gasteiger partial charge in [-0.15, -0.1) is 11.6 Å². The molecule has 1 aliphatic rings. The zero-order chi connectivity index (χ0) is 14.7. The molecule has 1 aliphatic heterocycles. The maximum Gasteiger partial charge on any atom is 0.127 e. The van der Waals surface area contributed by atoms with Crippen LogP contribution in [0.3, 0.4) is 0 Å². The summed E-state index contributed by atoms with van der Waals surface area (Å²) < 4.78 is 6.84. The van der Waals surface area contributed by atoms with Gasteiger partial charge in [0.2, 0.25) is 0 Å². The van der Waals surface area contributed by atoms with Crippen LogP contribution >= 0.6 is 27.5 Å². The Bertz CT molecular complexity index is 618. The first kappa shape index (κ1) is 14.9. The normalized spacial score (nSPS) is 14.6. The molecule has 0 spiro atoms. The molecule has 0 amide bonds. The third kappa shape index (κ3) is 3.60. The van der Waals surface area contributed by atoms with Crippen LogP contribution in [0.25, 0.3) is 0 Å². The Kier molecular flexibility index (Phi) is 4.84. The molecule has 0 aliphatic carbocycles.